The van der Waals surface area contributed by atoms with E-state index in [9.17, 15) is 19.2 Å². The number of carbonyl (C=O) groups is 4. The van der Waals surface area contributed by atoms with Crippen LogP contribution in [0.15, 0.2) is 48.8 Å². The number of nitrogens with zero attached hydrogens (tertiary/aromatic N) is 4. The summed E-state index contributed by atoms with van der Waals surface area (Å²) in [6.45, 7) is 3.51. The average Bonchev–Trinajstić information content (AvgIpc) is 3.56. The van der Waals surface area contributed by atoms with Crippen LogP contribution in [0, 0.1) is 0 Å². The molecule has 4 aromatic rings. The van der Waals surface area contributed by atoms with Gasteiger partial charge in [0, 0.05) is 30.1 Å². The number of hydrogen-bond acceptors (Lipinski definition) is 10. The number of aromatic amines is 2. The SMILES string of the molecule is C.CCOC(=O)c1cc(-c2ccc(C(C)=O)cn2)n[nH]1.O=C(O)c1ccc(-c2cc(C(=O)O)[nH]n2)nc1.[K+].[OH-]. The van der Waals surface area contributed by atoms with Crippen LogP contribution in [0.5, 0.6) is 0 Å². The number of H-pyrrole nitrogens is 2. The Morgan fingerprint density at radius 3 is 1.67 bits per heavy atom. The van der Waals surface area contributed by atoms with Crippen molar-refractivity contribution in [3.63, 3.8) is 0 Å². The third-order valence-electron chi connectivity index (χ3n) is 4.59. The molecule has 4 rings (SSSR count). The van der Waals surface area contributed by atoms with Crippen molar-refractivity contribution in [3.05, 3.63) is 71.3 Å². The summed E-state index contributed by atoms with van der Waals surface area (Å²) >= 11 is 0. The van der Waals surface area contributed by atoms with Crippen LogP contribution in [-0.2, 0) is 4.74 Å². The number of aromatic carboxylic acids is 2. The van der Waals surface area contributed by atoms with E-state index in [0.29, 0.717) is 34.9 Å². The topological polar surface area (TPSA) is 231 Å². The van der Waals surface area contributed by atoms with Crippen molar-refractivity contribution in [1.29, 1.82) is 0 Å². The summed E-state index contributed by atoms with van der Waals surface area (Å²) in [6, 6.07) is 9.08. The molecule has 14 nitrogen and oxygen atoms in total. The minimum Gasteiger partial charge on any atom is -0.870 e. The fourth-order valence-electron chi connectivity index (χ4n) is 2.75. The van der Waals surface area contributed by atoms with Crippen LogP contribution in [0.2, 0.25) is 0 Å². The van der Waals surface area contributed by atoms with Crippen molar-refractivity contribution < 1.29 is 91.0 Å². The number of aromatic nitrogens is 6. The molecule has 4 aromatic heterocycles. The number of carboxylic acids is 2. The van der Waals surface area contributed by atoms with E-state index in [4.69, 9.17) is 14.9 Å². The van der Waals surface area contributed by atoms with Gasteiger partial charge in [-0.1, -0.05) is 7.43 Å². The van der Waals surface area contributed by atoms with Gasteiger partial charge >= 0.3 is 69.3 Å². The Balaban J connectivity index is 0.000000691. The van der Waals surface area contributed by atoms with Crippen LogP contribution in [0.3, 0.4) is 0 Å². The Morgan fingerprint density at radius 2 is 1.28 bits per heavy atom. The molecule has 0 saturated carbocycles. The van der Waals surface area contributed by atoms with E-state index in [0.717, 1.165) is 0 Å². The summed E-state index contributed by atoms with van der Waals surface area (Å²) in [4.78, 5) is 51.9. The van der Waals surface area contributed by atoms with Gasteiger partial charge in [0.15, 0.2) is 5.78 Å². The average molecular weight is 565 g/mol. The summed E-state index contributed by atoms with van der Waals surface area (Å²) in [6.07, 6.45) is 2.67. The number of rotatable bonds is 7. The van der Waals surface area contributed by atoms with Crippen LogP contribution in [-0.4, -0.2) is 76.3 Å². The first-order valence-electron chi connectivity index (χ1n) is 10.4. The molecule has 0 aliphatic heterocycles. The van der Waals surface area contributed by atoms with Crippen molar-refractivity contribution in [3.8, 4) is 22.8 Å². The Labute approximate surface area is 265 Å². The van der Waals surface area contributed by atoms with Crippen LogP contribution >= 0.6 is 0 Å². The Morgan fingerprint density at radius 1 is 0.795 bits per heavy atom. The number of ether oxygens (including phenoxy) is 1. The van der Waals surface area contributed by atoms with Crippen LogP contribution in [0.25, 0.3) is 22.8 Å². The number of Topliss-reactive ketones (excluding diaryl/α,β-unsaturated/α-hetero) is 1. The maximum absolute atomic E-state index is 11.5. The van der Waals surface area contributed by atoms with E-state index in [2.05, 4.69) is 30.4 Å². The standard InChI is InChI=1S/C13H13N3O3.C10H7N3O4.CH4.K.H2O/c1-3-19-13(18)12-6-11(15-16-12)10-5-4-9(7-14-10)8(2)17;14-9(15)5-1-2-6(11-4-5)7-3-8(10(16)17)13-12-7;;;/h4-7H,3H2,1-2H3,(H,15,16);1-4H,(H,12,13)(H,14,15)(H,16,17);1H4;;1H2/q;;;+1;/p-1. The fourth-order valence-corrected chi connectivity index (χ4v) is 2.75. The molecule has 0 bridgehead atoms. The van der Waals surface area contributed by atoms with E-state index in [-0.39, 0.29) is 87.0 Å². The molecule has 0 aliphatic carbocycles. The number of carbonyl (C=O) groups excluding carboxylic acids is 2. The third-order valence-corrected chi connectivity index (χ3v) is 4.59. The smallest absolute Gasteiger partial charge is 0.870 e. The van der Waals surface area contributed by atoms with Crippen LogP contribution in [0.4, 0.5) is 0 Å². The van der Waals surface area contributed by atoms with Crippen LogP contribution in [0.1, 0.15) is 63.0 Å². The number of pyridine rings is 2. The molecule has 0 saturated heterocycles. The molecule has 39 heavy (non-hydrogen) atoms. The van der Waals surface area contributed by atoms with E-state index < -0.39 is 17.9 Å². The van der Waals surface area contributed by atoms with Gasteiger partial charge in [0.25, 0.3) is 0 Å². The minimum absolute atomic E-state index is 0. The van der Waals surface area contributed by atoms with Crippen molar-refractivity contribution >= 4 is 23.7 Å². The van der Waals surface area contributed by atoms with Gasteiger partial charge in [0.05, 0.1) is 23.6 Å². The summed E-state index contributed by atoms with van der Waals surface area (Å²) in [5.74, 6) is -2.70. The summed E-state index contributed by atoms with van der Waals surface area (Å²) in [7, 11) is 0. The predicted molar refractivity (Wildman–Crippen MR) is 132 cm³/mol. The third kappa shape index (κ3) is 9.58. The van der Waals surface area contributed by atoms with Crippen molar-refractivity contribution in [2.45, 2.75) is 21.3 Å². The normalized spacial score (nSPS) is 9.38. The Bertz CT molecular complexity index is 1400. The second-order valence-corrected chi connectivity index (χ2v) is 7.08. The maximum Gasteiger partial charge on any atom is 1.00 e. The monoisotopic (exact) mass is 564 g/mol. The molecule has 0 atom stereocenters. The molecule has 0 fully saturated rings. The zero-order valence-electron chi connectivity index (χ0n) is 20.5. The van der Waals surface area contributed by atoms with E-state index in [1.54, 1.807) is 25.1 Å². The number of ketones is 1. The zero-order valence-corrected chi connectivity index (χ0v) is 23.6. The first-order valence-corrected chi connectivity index (χ1v) is 10.4. The predicted octanol–water partition coefficient (Wildman–Crippen LogP) is 0.182. The molecule has 0 unspecified atom stereocenters. The van der Waals surface area contributed by atoms with Crippen LogP contribution < -0.4 is 51.4 Å². The van der Waals surface area contributed by atoms with Gasteiger partial charge in [-0.25, -0.2) is 14.4 Å². The molecular weight excluding hydrogens is 539 g/mol. The molecule has 0 radical (unpaired) electrons. The van der Waals surface area contributed by atoms with Gasteiger partial charge in [-0.15, -0.1) is 0 Å². The molecule has 0 aromatic carbocycles. The van der Waals surface area contributed by atoms with Crippen molar-refractivity contribution in [2.24, 2.45) is 0 Å². The summed E-state index contributed by atoms with van der Waals surface area (Å²) < 4.78 is 4.85. The number of esters is 1. The molecule has 0 spiro atoms. The van der Waals surface area contributed by atoms with E-state index in [1.165, 1.54) is 37.5 Å². The van der Waals surface area contributed by atoms with Gasteiger partial charge in [0.2, 0.25) is 0 Å². The van der Waals surface area contributed by atoms with Gasteiger partial charge in [-0.2, -0.15) is 10.2 Å². The van der Waals surface area contributed by atoms with E-state index >= 15 is 0 Å². The molecule has 15 heteroatoms. The Hall–Kier alpha value is -3.60. The second kappa shape index (κ2) is 16.4. The van der Waals surface area contributed by atoms with Gasteiger partial charge in [-0.05, 0) is 38.1 Å². The largest absolute Gasteiger partial charge is 1.00 e. The molecule has 200 valence electrons. The van der Waals surface area contributed by atoms with Crippen molar-refractivity contribution in [2.75, 3.05) is 6.61 Å². The first kappa shape index (κ1) is 35.4. The Kier molecular flexibility index (Phi) is 14.9. The first-order chi connectivity index (χ1) is 17.2. The van der Waals surface area contributed by atoms with Gasteiger partial charge in [0.1, 0.15) is 22.8 Å². The van der Waals surface area contributed by atoms with E-state index in [1.807, 2.05) is 0 Å². The summed E-state index contributed by atoms with van der Waals surface area (Å²) in [5, 5.41) is 30.1. The zero-order chi connectivity index (χ0) is 26.2. The minimum atomic E-state index is -1.12. The summed E-state index contributed by atoms with van der Waals surface area (Å²) in [5.41, 5.74) is 2.67. The quantitative estimate of drug-likeness (QED) is 0.134. The second-order valence-electron chi connectivity index (χ2n) is 7.08. The molecule has 4 heterocycles. The number of hydrogen-bond donors (Lipinski definition) is 4. The maximum atomic E-state index is 11.5. The van der Waals surface area contributed by atoms with Crippen molar-refractivity contribution in [1.82, 2.24) is 30.4 Å². The fraction of sp³-hybridized carbons (Fsp3) is 0.167. The number of nitrogens with one attached hydrogen (secondary N) is 2. The molecular formula is C24H25KN6O8. The molecule has 5 N–H and O–H groups in total. The molecule has 0 amide bonds. The molecule has 0 aliphatic rings. The van der Waals surface area contributed by atoms with Gasteiger partial charge < -0.3 is 20.4 Å². The van der Waals surface area contributed by atoms with Gasteiger partial charge in [-0.3, -0.25) is 25.0 Å². The number of carboxylic acid groups (broad SMARTS) is 2.